The van der Waals surface area contributed by atoms with Crippen LogP contribution in [0.25, 0.3) is 0 Å². The zero-order chi connectivity index (χ0) is 17.1. The number of H-pyrrole nitrogens is 1. The summed E-state index contributed by atoms with van der Waals surface area (Å²) in [5.74, 6) is -1.08. The third-order valence-electron chi connectivity index (χ3n) is 4.37. The molecule has 2 rings (SSSR count). The Hall–Kier alpha value is -2.31. The third kappa shape index (κ3) is 3.38. The van der Waals surface area contributed by atoms with Crippen LogP contribution in [-0.2, 0) is 9.53 Å². The number of ether oxygens (including phenoxy) is 1. The highest BCUT2D eigenvalue weighted by atomic mass is 16.5. The Morgan fingerprint density at radius 1 is 1.30 bits per heavy atom. The van der Waals surface area contributed by atoms with Gasteiger partial charge in [0.25, 0.3) is 5.91 Å². The summed E-state index contributed by atoms with van der Waals surface area (Å²) >= 11 is 0. The molecule has 7 heteroatoms. The summed E-state index contributed by atoms with van der Waals surface area (Å²) in [5.41, 5.74) is 7.23. The van der Waals surface area contributed by atoms with Crippen LogP contribution in [-0.4, -0.2) is 47.4 Å². The molecule has 1 aliphatic heterocycles. The molecule has 1 unspecified atom stereocenters. The summed E-state index contributed by atoms with van der Waals surface area (Å²) in [7, 11) is 1.31. The Bertz CT molecular complexity index is 636. The number of piperidine rings is 1. The van der Waals surface area contributed by atoms with Crippen molar-refractivity contribution in [2.45, 2.75) is 45.6 Å². The molecular weight excluding hydrogens is 298 g/mol. The molecule has 0 radical (unpaired) electrons. The van der Waals surface area contributed by atoms with Gasteiger partial charge in [-0.05, 0) is 38.7 Å². The first kappa shape index (κ1) is 17.1. The van der Waals surface area contributed by atoms with E-state index in [0.29, 0.717) is 29.1 Å². The molecule has 3 N–H and O–H groups in total. The molecule has 23 heavy (non-hydrogen) atoms. The summed E-state index contributed by atoms with van der Waals surface area (Å²) < 4.78 is 4.77. The zero-order valence-corrected chi connectivity index (χ0v) is 13.8. The minimum Gasteiger partial charge on any atom is -0.465 e. The molecule has 0 saturated carbocycles. The summed E-state index contributed by atoms with van der Waals surface area (Å²) in [6, 6.07) is -0.182. The van der Waals surface area contributed by atoms with Gasteiger partial charge >= 0.3 is 5.97 Å². The molecule has 1 atom stereocenters. The fourth-order valence-corrected chi connectivity index (χ4v) is 3.23. The van der Waals surface area contributed by atoms with Crippen LogP contribution < -0.4 is 5.73 Å². The van der Waals surface area contributed by atoms with E-state index < -0.39 is 11.9 Å². The van der Waals surface area contributed by atoms with E-state index in [1.807, 2.05) is 0 Å². The Kier molecular flexibility index (Phi) is 5.08. The first-order valence-electron chi connectivity index (χ1n) is 7.73. The molecule has 2 heterocycles. The standard InChI is InChI=1S/C16H23N3O4/c1-9-13(16(22)23-3)10(2)18-14(9)15(21)19-7-5-4-6-11(19)8-12(17)20/h11,18H,4-8H2,1-3H3,(H2,17,20). The fraction of sp³-hybridized carbons (Fsp3) is 0.562. The molecule has 1 fully saturated rings. The highest BCUT2D eigenvalue weighted by Crippen LogP contribution is 2.25. The van der Waals surface area contributed by atoms with Crippen LogP contribution in [0.3, 0.4) is 0 Å². The number of likely N-dealkylation sites (tertiary alicyclic amines) is 1. The topological polar surface area (TPSA) is 105 Å². The Balaban J connectivity index is 2.32. The first-order chi connectivity index (χ1) is 10.9. The van der Waals surface area contributed by atoms with E-state index in [1.54, 1.807) is 18.7 Å². The predicted octanol–water partition coefficient (Wildman–Crippen LogP) is 1.29. The van der Waals surface area contributed by atoms with Crippen LogP contribution in [0.5, 0.6) is 0 Å². The van der Waals surface area contributed by atoms with Crippen LogP contribution in [0.1, 0.15) is 57.8 Å². The number of nitrogens with zero attached hydrogens (tertiary/aromatic N) is 1. The second-order valence-electron chi connectivity index (χ2n) is 5.94. The van der Waals surface area contributed by atoms with E-state index in [1.165, 1.54) is 7.11 Å². The lowest BCUT2D eigenvalue weighted by Gasteiger charge is -2.35. The molecule has 1 saturated heterocycles. The van der Waals surface area contributed by atoms with Crippen molar-refractivity contribution < 1.29 is 19.1 Å². The molecule has 0 aliphatic carbocycles. The van der Waals surface area contributed by atoms with Crippen molar-refractivity contribution in [1.82, 2.24) is 9.88 Å². The number of aromatic amines is 1. The second kappa shape index (κ2) is 6.85. The van der Waals surface area contributed by atoms with Crippen LogP contribution >= 0.6 is 0 Å². The molecule has 0 aromatic carbocycles. The van der Waals surface area contributed by atoms with E-state index in [2.05, 4.69) is 4.98 Å². The maximum atomic E-state index is 12.9. The van der Waals surface area contributed by atoms with E-state index in [9.17, 15) is 14.4 Å². The summed E-state index contributed by atoms with van der Waals surface area (Å²) in [6.07, 6.45) is 2.78. The number of hydrogen-bond donors (Lipinski definition) is 2. The van der Waals surface area contributed by atoms with Crippen molar-refractivity contribution in [2.75, 3.05) is 13.7 Å². The molecule has 0 bridgehead atoms. The van der Waals surface area contributed by atoms with Gasteiger partial charge in [0.1, 0.15) is 5.69 Å². The highest BCUT2D eigenvalue weighted by molar-refractivity contribution is 6.00. The molecule has 2 amide bonds. The van der Waals surface area contributed by atoms with Gasteiger partial charge in [0.05, 0.1) is 12.7 Å². The van der Waals surface area contributed by atoms with Crippen molar-refractivity contribution in [1.29, 1.82) is 0 Å². The number of amides is 2. The molecular formula is C16H23N3O4. The Morgan fingerprint density at radius 3 is 2.61 bits per heavy atom. The first-order valence-corrected chi connectivity index (χ1v) is 7.73. The number of esters is 1. The zero-order valence-electron chi connectivity index (χ0n) is 13.8. The molecule has 1 aromatic heterocycles. The van der Waals surface area contributed by atoms with Crippen molar-refractivity contribution in [3.63, 3.8) is 0 Å². The lowest BCUT2D eigenvalue weighted by Crippen LogP contribution is -2.45. The maximum Gasteiger partial charge on any atom is 0.339 e. The summed E-state index contributed by atoms with van der Waals surface area (Å²) in [6.45, 7) is 4.03. The normalized spacial score (nSPS) is 17.9. The average Bonchev–Trinajstić information content (AvgIpc) is 2.81. The Labute approximate surface area is 135 Å². The summed E-state index contributed by atoms with van der Waals surface area (Å²) in [5, 5.41) is 0. The van der Waals surface area contributed by atoms with Gasteiger partial charge < -0.3 is 20.4 Å². The Morgan fingerprint density at radius 2 is 2.00 bits per heavy atom. The minimum atomic E-state index is -0.470. The molecule has 126 valence electrons. The van der Waals surface area contributed by atoms with Gasteiger partial charge in [-0.1, -0.05) is 0 Å². The van der Waals surface area contributed by atoms with Crippen molar-refractivity contribution in [2.24, 2.45) is 5.73 Å². The van der Waals surface area contributed by atoms with Crippen LogP contribution in [0.15, 0.2) is 0 Å². The summed E-state index contributed by atoms with van der Waals surface area (Å²) in [4.78, 5) is 40.6. The highest BCUT2D eigenvalue weighted by Gasteiger charge is 2.32. The molecule has 1 aromatic rings. The second-order valence-corrected chi connectivity index (χ2v) is 5.94. The number of primary amides is 1. The number of nitrogens with one attached hydrogen (secondary N) is 1. The predicted molar refractivity (Wildman–Crippen MR) is 84.1 cm³/mol. The van der Waals surface area contributed by atoms with Gasteiger partial charge in [0.15, 0.2) is 0 Å². The van der Waals surface area contributed by atoms with Gasteiger partial charge in [-0.25, -0.2) is 4.79 Å². The third-order valence-corrected chi connectivity index (χ3v) is 4.37. The van der Waals surface area contributed by atoms with Crippen LogP contribution in [0.4, 0.5) is 0 Å². The fourth-order valence-electron chi connectivity index (χ4n) is 3.23. The van der Waals surface area contributed by atoms with E-state index in [-0.39, 0.29) is 18.4 Å². The number of carbonyl (C=O) groups excluding carboxylic acids is 3. The lowest BCUT2D eigenvalue weighted by atomic mass is 9.98. The molecule has 0 spiro atoms. The van der Waals surface area contributed by atoms with Crippen LogP contribution in [0, 0.1) is 13.8 Å². The number of aryl methyl sites for hydroxylation is 1. The molecule has 7 nitrogen and oxygen atoms in total. The number of hydrogen-bond acceptors (Lipinski definition) is 4. The van der Waals surface area contributed by atoms with Crippen molar-refractivity contribution in [3.05, 3.63) is 22.5 Å². The van der Waals surface area contributed by atoms with E-state index in [4.69, 9.17) is 10.5 Å². The largest absolute Gasteiger partial charge is 0.465 e. The number of rotatable bonds is 4. The number of nitrogens with two attached hydrogens (primary N) is 1. The van der Waals surface area contributed by atoms with Crippen LogP contribution in [0.2, 0.25) is 0 Å². The van der Waals surface area contributed by atoms with Gasteiger partial charge in [-0.3, -0.25) is 9.59 Å². The minimum absolute atomic E-state index is 0.161. The molecule has 1 aliphatic rings. The number of carbonyl (C=O) groups is 3. The smallest absolute Gasteiger partial charge is 0.339 e. The average molecular weight is 321 g/mol. The van der Waals surface area contributed by atoms with E-state index in [0.717, 1.165) is 19.3 Å². The van der Waals surface area contributed by atoms with E-state index >= 15 is 0 Å². The van der Waals surface area contributed by atoms with Crippen molar-refractivity contribution in [3.8, 4) is 0 Å². The SMILES string of the molecule is COC(=O)c1c(C)[nH]c(C(=O)N2CCCCC2CC(N)=O)c1C. The lowest BCUT2D eigenvalue weighted by molar-refractivity contribution is -0.119. The van der Waals surface area contributed by atoms with Gasteiger partial charge in [-0.2, -0.15) is 0 Å². The maximum absolute atomic E-state index is 12.9. The van der Waals surface area contributed by atoms with Gasteiger partial charge in [0, 0.05) is 24.7 Å². The van der Waals surface area contributed by atoms with Gasteiger partial charge in [-0.15, -0.1) is 0 Å². The monoisotopic (exact) mass is 321 g/mol. The number of aromatic nitrogens is 1. The quantitative estimate of drug-likeness (QED) is 0.815. The van der Waals surface area contributed by atoms with Crippen molar-refractivity contribution >= 4 is 17.8 Å². The van der Waals surface area contributed by atoms with Gasteiger partial charge in [0.2, 0.25) is 5.91 Å². The number of methoxy groups -OCH3 is 1.